The van der Waals surface area contributed by atoms with Gasteiger partial charge in [-0.3, -0.25) is 0 Å². The molecule has 1 unspecified atom stereocenters. The third-order valence-corrected chi connectivity index (χ3v) is 6.44. The highest BCUT2D eigenvalue weighted by molar-refractivity contribution is 5.76. The van der Waals surface area contributed by atoms with Gasteiger partial charge in [-0.05, 0) is 66.9 Å². The van der Waals surface area contributed by atoms with E-state index >= 15 is 0 Å². The van der Waals surface area contributed by atoms with Crippen LogP contribution in [0.15, 0.2) is 59.5 Å². The van der Waals surface area contributed by atoms with Crippen LogP contribution in [0.25, 0.3) is 0 Å². The van der Waals surface area contributed by atoms with Gasteiger partial charge in [0.1, 0.15) is 5.75 Å². The third-order valence-electron chi connectivity index (χ3n) is 6.44. The molecule has 0 saturated carbocycles. The number of piperazine rings is 1. The van der Waals surface area contributed by atoms with Gasteiger partial charge in [-0.1, -0.05) is 79.2 Å². The van der Waals surface area contributed by atoms with E-state index in [0.717, 1.165) is 79.5 Å². The first-order chi connectivity index (χ1) is 19.5. The maximum Gasteiger partial charge on any atom is 0.318 e. The average molecular weight is 565 g/mol. The van der Waals surface area contributed by atoms with Crippen LogP contribution in [0.4, 0.5) is 4.79 Å². The summed E-state index contributed by atoms with van der Waals surface area (Å²) in [7, 11) is 0. The van der Waals surface area contributed by atoms with Crippen LogP contribution in [0.5, 0.6) is 5.75 Å². The number of urea groups is 1. The molecule has 6 heteroatoms. The molecule has 1 atom stereocenters. The van der Waals surface area contributed by atoms with Crippen LogP contribution >= 0.6 is 0 Å². The number of carbonyl (C=O) groups excluding carboxylic acids is 1. The predicted molar refractivity (Wildman–Crippen MR) is 175 cm³/mol. The Bertz CT molecular complexity index is 1050. The lowest BCUT2D eigenvalue weighted by Gasteiger charge is -2.33. The van der Waals surface area contributed by atoms with Crippen molar-refractivity contribution in [1.29, 1.82) is 0 Å². The lowest BCUT2D eigenvalue weighted by atomic mass is 9.89. The fraction of sp³-hybridized carbons (Fsp3) is 0.571. The molecule has 1 aliphatic rings. The highest BCUT2D eigenvalue weighted by atomic mass is 16.3. The number of nitrogens with one attached hydrogen (secondary N) is 3. The zero-order valence-electron chi connectivity index (χ0n) is 27.0. The van der Waals surface area contributed by atoms with Crippen LogP contribution in [-0.4, -0.2) is 48.8 Å². The van der Waals surface area contributed by atoms with Gasteiger partial charge >= 0.3 is 6.03 Å². The molecule has 6 nitrogen and oxygen atoms in total. The van der Waals surface area contributed by atoms with Gasteiger partial charge in [-0.15, -0.1) is 5.92 Å². The molecule has 1 aromatic carbocycles. The van der Waals surface area contributed by atoms with E-state index in [1.54, 1.807) is 12.1 Å². The molecule has 2 amide bonds. The van der Waals surface area contributed by atoms with E-state index < -0.39 is 0 Å². The Kier molecular flexibility index (Phi) is 17.3. The SMILES string of the molecule is C=C(/C(=C/C(CC(C)C)=C(\C)NC(=O)NCCc1ccc(O)cc1)C(C#CCC)CC)N1CCNCC1.CC(C)C. The first-order valence-electron chi connectivity index (χ1n) is 15.4. The second kappa shape index (κ2) is 19.8. The quantitative estimate of drug-likeness (QED) is 0.172. The molecule has 1 heterocycles. The van der Waals surface area contributed by atoms with Crippen LogP contribution < -0.4 is 16.0 Å². The summed E-state index contributed by atoms with van der Waals surface area (Å²) in [6.07, 6.45) is 5.50. The Morgan fingerprint density at radius 3 is 2.27 bits per heavy atom. The molecule has 1 saturated heterocycles. The van der Waals surface area contributed by atoms with Crippen molar-refractivity contribution in [2.24, 2.45) is 17.8 Å². The molecule has 0 aromatic heterocycles. The number of rotatable bonds is 11. The molecule has 0 spiro atoms. The van der Waals surface area contributed by atoms with Crippen molar-refractivity contribution < 1.29 is 9.90 Å². The van der Waals surface area contributed by atoms with E-state index in [0.29, 0.717) is 18.9 Å². The molecule has 4 N–H and O–H groups in total. The number of hydrogen-bond donors (Lipinski definition) is 4. The summed E-state index contributed by atoms with van der Waals surface area (Å²) in [4.78, 5) is 15.1. The van der Waals surface area contributed by atoms with Crippen molar-refractivity contribution in [3.05, 3.63) is 65.0 Å². The van der Waals surface area contributed by atoms with Crippen molar-refractivity contribution in [2.45, 2.75) is 81.1 Å². The topological polar surface area (TPSA) is 76.6 Å². The minimum Gasteiger partial charge on any atom is -0.508 e. The third kappa shape index (κ3) is 14.9. The second-order valence-corrected chi connectivity index (χ2v) is 11.7. The maximum atomic E-state index is 12.7. The molecule has 0 radical (unpaired) electrons. The number of phenolic OH excluding ortho intramolecular Hbond substituents is 1. The number of carbonyl (C=O) groups is 1. The standard InChI is InChI=1S/C31H46N4O2.C4H10/c1-7-9-10-27(8-2)30(25(6)35-19-17-32-18-20-35)22-28(21-23(3)4)24(5)34-31(37)33-16-15-26-11-13-29(36)14-12-26;1-4(2)3/h11-14,22-23,27,32,36H,6-8,15-21H2,1-5H3,(H2,33,34,37);4H,1-3H3/b28-24+,30-22-;. The Balaban J connectivity index is 0.00000196. The molecular weight excluding hydrogens is 508 g/mol. The van der Waals surface area contributed by atoms with Gasteiger partial charge in [-0.25, -0.2) is 4.79 Å². The lowest BCUT2D eigenvalue weighted by molar-refractivity contribution is 0.243. The van der Waals surface area contributed by atoms with Gasteiger partial charge < -0.3 is 26.0 Å². The predicted octanol–water partition coefficient (Wildman–Crippen LogP) is 7.00. The number of aromatic hydroxyl groups is 1. The van der Waals surface area contributed by atoms with E-state index in [4.69, 9.17) is 0 Å². The van der Waals surface area contributed by atoms with E-state index in [-0.39, 0.29) is 17.7 Å². The number of hydrogen-bond acceptors (Lipinski definition) is 4. The van der Waals surface area contributed by atoms with Crippen molar-refractivity contribution in [3.8, 4) is 17.6 Å². The van der Waals surface area contributed by atoms with Crippen LogP contribution in [0.1, 0.15) is 80.2 Å². The molecule has 0 bridgehead atoms. The maximum absolute atomic E-state index is 12.7. The highest BCUT2D eigenvalue weighted by Crippen LogP contribution is 2.28. The average Bonchev–Trinajstić information content (AvgIpc) is 2.92. The Morgan fingerprint density at radius 2 is 1.73 bits per heavy atom. The number of amides is 2. The first-order valence-corrected chi connectivity index (χ1v) is 15.4. The zero-order valence-corrected chi connectivity index (χ0v) is 27.0. The Labute approximate surface area is 250 Å². The van der Waals surface area contributed by atoms with Crippen LogP contribution in [0.3, 0.4) is 0 Å². The van der Waals surface area contributed by atoms with Gasteiger partial charge in [0.2, 0.25) is 0 Å². The van der Waals surface area contributed by atoms with Gasteiger partial charge in [0, 0.05) is 56.5 Å². The summed E-state index contributed by atoms with van der Waals surface area (Å²) in [6.45, 7) is 25.9. The van der Waals surface area contributed by atoms with Crippen LogP contribution in [0, 0.1) is 29.6 Å². The van der Waals surface area contributed by atoms with E-state index in [2.05, 4.69) is 93.8 Å². The van der Waals surface area contributed by atoms with Crippen LogP contribution in [0.2, 0.25) is 0 Å². The lowest BCUT2D eigenvalue weighted by Crippen LogP contribution is -2.43. The molecule has 1 fully saturated rings. The highest BCUT2D eigenvalue weighted by Gasteiger charge is 2.21. The summed E-state index contributed by atoms with van der Waals surface area (Å²) in [5, 5.41) is 18.9. The largest absolute Gasteiger partial charge is 0.508 e. The Hall–Kier alpha value is -3.17. The monoisotopic (exact) mass is 564 g/mol. The normalized spacial score (nSPS) is 14.8. The molecule has 1 aromatic rings. The smallest absolute Gasteiger partial charge is 0.318 e. The number of nitrogens with zero attached hydrogens (tertiary/aromatic N) is 1. The van der Waals surface area contributed by atoms with E-state index in [1.807, 2.05) is 19.1 Å². The zero-order chi connectivity index (χ0) is 30.8. The first kappa shape index (κ1) is 35.9. The van der Waals surface area contributed by atoms with Crippen molar-refractivity contribution in [1.82, 2.24) is 20.9 Å². The van der Waals surface area contributed by atoms with Crippen molar-refractivity contribution in [3.63, 3.8) is 0 Å². The Morgan fingerprint density at radius 1 is 1.12 bits per heavy atom. The number of phenols is 1. The van der Waals surface area contributed by atoms with Gasteiger partial charge in [0.05, 0.1) is 0 Å². The molecule has 0 aliphatic carbocycles. The minimum atomic E-state index is -0.216. The minimum absolute atomic E-state index is 0.0939. The summed E-state index contributed by atoms with van der Waals surface area (Å²) in [6, 6.07) is 6.83. The summed E-state index contributed by atoms with van der Waals surface area (Å²) in [5.41, 5.74) is 5.19. The molecule has 228 valence electrons. The summed E-state index contributed by atoms with van der Waals surface area (Å²) in [5.74, 6) is 8.34. The van der Waals surface area contributed by atoms with Gasteiger partial charge in [-0.2, -0.15) is 0 Å². The van der Waals surface area contributed by atoms with Gasteiger partial charge in [0.25, 0.3) is 0 Å². The molecule has 2 rings (SSSR count). The number of allylic oxidation sites excluding steroid dienone is 4. The second-order valence-electron chi connectivity index (χ2n) is 11.7. The van der Waals surface area contributed by atoms with E-state index in [1.165, 1.54) is 0 Å². The molecule has 1 aliphatic heterocycles. The van der Waals surface area contributed by atoms with E-state index in [9.17, 15) is 9.90 Å². The molecular formula is C35H56N4O2. The fourth-order valence-electron chi connectivity index (χ4n) is 4.35. The van der Waals surface area contributed by atoms with Gasteiger partial charge in [0.15, 0.2) is 0 Å². The molecule has 41 heavy (non-hydrogen) atoms. The fourth-order valence-corrected chi connectivity index (χ4v) is 4.35. The van der Waals surface area contributed by atoms with Crippen molar-refractivity contribution >= 4 is 6.03 Å². The van der Waals surface area contributed by atoms with Crippen molar-refractivity contribution in [2.75, 3.05) is 32.7 Å². The number of benzene rings is 1. The summed E-state index contributed by atoms with van der Waals surface area (Å²) < 4.78 is 0. The van der Waals surface area contributed by atoms with Crippen LogP contribution in [-0.2, 0) is 6.42 Å². The summed E-state index contributed by atoms with van der Waals surface area (Å²) >= 11 is 0.